The van der Waals surface area contributed by atoms with Gasteiger partial charge in [-0.05, 0) is 30.5 Å². The van der Waals surface area contributed by atoms with Crippen LogP contribution < -0.4 is 11.3 Å². The van der Waals surface area contributed by atoms with Crippen LogP contribution in [0, 0.1) is 12.3 Å². The van der Waals surface area contributed by atoms with Crippen molar-refractivity contribution in [2.24, 2.45) is 5.84 Å². The Labute approximate surface area is 95.8 Å². The molecule has 3 heteroatoms. The lowest BCUT2D eigenvalue weighted by molar-refractivity contribution is 0.498. The van der Waals surface area contributed by atoms with Crippen LogP contribution in [0.25, 0.3) is 0 Å². The second kappa shape index (κ2) is 6.47. The van der Waals surface area contributed by atoms with Gasteiger partial charge < -0.3 is 0 Å². The molecule has 1 atom stereocenters. The third kappa shape index (κ3) is 4.35. The molecule has 2 nitrogen and oxygen atoms in total. The highest BCUT2D eigenvalue weighted by Gasteiger charge is 2.06. The lowest BCUT2D eigenvalue weighted by Gasteiger charge is -2.14. The Morgan fingerprint density at radius 2 is 2.33 bits per heavy atom. The molecule has 1 aromatic rings. The number of hydrazine groups is 1. The van der Waals surface area contributed by atoms with Crippen LogP contribution in [-0.2, 0) is 6.42 Å². The Hall–Kier alpha value is -1.01. The molecular weight excluding hydrogens is 208 g/mol. The van der Waals surface area contributed by atoms with E-state index in [1.54, 1.807) is 0 Å². The summed E-state index contributed by atoms with van der Waals surface area (Å²) in [5, 5.41) is 0.750. The van der Waals surface area contributed by atoms with Crippen LogP contribution in [0.15, 0.2) is 24.3 Å². The van der Waals surface area contributed by atoms with Crippen LogP contribution in [0.3, 0.4) is 0 Å². The standard InChI is InChI=1S/C12H15ClN2/c1-2-3-7-12(15-14)9-10-5-4-6-11(13)8-10/h1,4-6,8,12,15H,3,7,9,14H2. The zero-order valence-corrected chi connectivity index (χ0v) is 9.30. The molecule has 0 aromatic heterocycles. The quantitative estimate of drug-likeness (QED) is 0.455. The molecule has 0 aliphatic heterocycles. The maximum Gasteiger partial charge on any atom is 0.0408 e. The van der Waals surface area contributed by atoms with Crippen LogP contribution in [0.1, 0.15) is 18.4 Å². The summed E-state index contributed by atoms with van der Waals surface area (Å²) >= 11 is 5.89. The second-order valence-electron chi connectivity index (χ2n) is 3.44. The average Bonchev–Trinajstić information content (AvgIpc) is 2.24. The van der Waals surface area contributed by atoms with E-state index in [4.69, 9.17) is 23.9 Å². The van der Waals surface area contributed by atoms with E-state index in [1.807, 2.05) is 24.3 Å². The van der Waals surface area contributed by atoms with Crippen molar-refractivity contribution >= 4 is 11.6 Å². The van der Waals surface area contributed by atoms with Crippen LogP contribution >= 0.6 is 11.6 Å². The van der Waals surface area contributed by atoms with E-state index < -0.39 is 0 Å². The number of nitrogens with one attached hydrogen (secondary N) is 1. The van der Waals surface area contributed by atoms with Gasteiger partial charge in [0.15, 0.2) is 0 Å². The fourth-order valence-corrected chi connectivity index (χ4v) is 1.66. The molecule has 0 amide bonds. The molecule has 0 bridgehead atoms. The number of terminal acetylenes is 1. The first-order valence-corrected chi connectivity index (χ1v) is 5.28. The molecular formula is C12H15ClN2. The van der Waals surface area contributed by atoms with Gasteiger partial charge >= 0.3 is 0 Å². The maximum atomic E-state index is 5.89. The topological polar surface area (TPSA) is 38.0 Å². The smallest absolute Gasteiger partial charge is 0.0408 e. The molecule has 0 spiro atoms. The fourth-order valence-electron chi connectivity index (χ4n) is 1.45. The number of benzene rings is 1. The molecule has 0 fully saturated rings. The third-order valence-electron chi connectivity index (χ3n) is 2.24. The first-order valence-electron chi connectivity index (χ1n) is 4.90. The molecule has 0 saturated heterocycles. The van der Waals surface area contributed by atoms with Gasteiger partial charge in [0.25, 0.3) is 0 Å². The van der Waals surface area contributed by atoms with E-state index in [-0.39, 0.29) is 6.04 Å². The minimum absolute atomic E-state index is 0.208. The number of nitrogens with two attached hydrogens (primary N) is 1. The van der Waals surface area contributed by atoms with E-state index in [2.05, 4.69) is 11.3 Å². The molecule has 80 valence electrons. The molecule has 0 heterocycles. The lowest BCUT2D eigenvalue weighted by Crippen LogP contribution is -2.36. The van der Waals surface area contributed by atoms with Crippen molar-refractivity contribution in [3.05, 3.63) is 34.9 Å². The Morgan fingerprint density at radius 1 is 1.53 bits per heavy atom. The minimum atomic E-state index is 0.208. The van der Waals surface area contributed by atoms with Gasteiger partial charge in [-0.15, -0.1) is 12.3 Å². The molecule has 1 aromatic carbocycles. The summed E-state index contributed by atoms with van der Waals surface area (Å²) in [4.78, 5) is 0. The van der Waals surface area contributed by atoms with Gasteiger partial charge in [0.1, 0.15) is 0 Å². The van der Waals surface area contributed by atoms with Crippen LogP contribution in [0.4, 0.5) is 0 Å². The molecule has 0 saturated carbocycles. The molecule has 15 heavy (non-hydrogen) atoms. The largest absolute Gasteiger partial charge is 0.271 e. The van der Waals surface area contributed by atoms with Crippen molar-refractivity contribution in [1.29, 1.82) is 0 Å². The van der Waals surface area contributed by atoms with Crippen molar-refractivity contribution in [3.8, 4) is 12.3 Å². The lowest BCUT2D eigenvalue weighted by atomic mass is 10.0. The van der Waals surface area contributed by atoms with Gasteiger partial charge in [-0.25, -0.2) is 0 Å². The van der Waals surface area contributed by atoms with E-state index in [0.717, 1.165) is 24.3 Å². The normalized spacial score (nSPS) is 12.1. The summed E-state index contributed by atoms with van der Waals surface area (Å²) < 4.78 is 0. The first kappa shape index (κ1) is 12.1. The summed E-state index contributed by atoms with van der Waals surface area (Å²) in [5.41, 5.74) is 3.94. The van der Waals surface area contributed by atoms with Crippen molar-refractivity contribution in [2.45, 2.75) is 25.3 Å². The number of hydrogen-bond donors (Lipinski definition) is 2. The number of halogens is 1. The molecule has 1 rings (SSSR count). The summed E-state index contributed by atoms with van der Waals surface area (Å²) in [6, 6.07) is 7.98. The van der Waals surface area contributed by atoms with Gasteiger partial charge in [-0.3, -0.25) is 11.3 Å². The highest BCUT2D eigenvalue weighted by molar-refractivity contribution is 6.30. The van der Waals surface area contributed by atoms with Crippen LogP contribution in [0.5, 0.6) is 0 Å². The Balaban J connectivity index is 2.55. The Kier molecular flexibility index (Phi) is 5.20. The second-order valence-corrected chi connectivity index (χ2v) is 3.88. The van der Waals surface area contributed by atoms with Crippen molar-refractivity contribution in [3.63, 3.8) is 0 Å². The first-order chi connectivity index (χ1) is 7.26. The summed E-state index contributed by atoms with van der Waals surface area (Å²) in [7, 11) is 0. The van der Waals surface area contributed by atoms with E-state index in [0.29, 0.717) is 0 Å². The van der Waals surface area contributed by atoms with Gasteiger partial charge in [-0.1, -0.05) is 23.7 Å². The molecule has 0 aliphatic rings. The highest BCUT2D eigenvalue weighted by Crippen LogP contribution is 2.13. The molecule has 1 unspecified atom stereocenters. The SMILES string of the molecule is C#CCCC(Cc1cccc(Cl)c1)NN. The zero-order valence-electron chi connectivity index (χ0n) is 8.54. The van der Waals surface area contributed by atoms with E-state index >= 15 is 0 Å². The molecule has 0 radical (unpaired) electrons. The maximum absolute atomic E-state index is 5.89. The summed E-state index contributed by atoms with van der Waals surface area (Å²) in [5.74, 6) is 8.06. The number of rotatable bonds is 5. The van der Waals surface area contributed by atoms with Crippen LogP contribution in [-0.4, -0.2) is 6.04 Å². The fraction of sp³-hybridized carbons (Fsp3) is 0.333. The molecule has 3 N–H and O–H groups in total. The highest BCUT2D eigenvalue weighted by atomic mass is 35.5. The molecule has 0 aliphatic carbocycles. The van der Waals surface area contributed by atoms with Crippen molar-refractivity contribution in [1.82, 2.24) is 5.43 Å². The number of hydrogen-bond acceptors (Lipinski definition) is 2. The Bertz CT molecular complexity index is 344. The van der Waals surface area contributed by atoms with Crippen molar-refractivity contribution in [2.75, 3.05) is 0 Å². The van der Waals surface area contributed by atoms with Gasteiger partial charge in [0.2, 0.25) is 0 Å². The van der Waals surface area contributed by atoms with E-state index in [1.165, 1.54) is 5.56 Å². The van der Waals surface area contributed by atoms with Crippen LogP contribution in [0.2, 0.25) is 5.02 Å². The zero-order chi connectivity index (χ0) is 11.1. The Morgan fingerprint density at radius 3 is 2.93 bits per heavy atom. The predicted molar refractivity (Wildman–Crippen MR) is 64.3 cm³/mol. The van der Waals surface area contributed by atoms with Crippen molar-refractivity contribution < 1.29 is 0 Å². The van der Waals surface area contributed by atoms with Gasteiger partial charge in [0, 0.05) is 17.5 Å². The third-order valence-corrected chi connectivity index (χ3v) is 2.48. The van der Waals surface area contributed by atoms with E-state index in [9.17, 15) is 0 Å². The average molecular weight is 223 g/mol. The van der Waals surface area contributed by atoms with Gasteiger partial charge in [-0.2, -0.15) is 0 Å². The predicted octanol–water partition coefficient (Wildman–Crippen LogP) is 2.13. The summed E-state index contributed by atoms with van der Waals surface area (Å²) in [6.07, 6.45) is 7.66. The van der Waals surface area contributed by atoms with Gasteiger partial charge in [0.05, 0.1) is 0 Å². The summed E-state index contributed by atoms with van der Waals surface area (Å²) in [6.45, 7) is 0. The monoisotopic (exact) mass is 222 g/mol. The minimum Gasteiger partial charge on any atom is -0.271 e.